The van der Waals surface area contributed by atoms with Crippen molar-refractivity contribution in [3.05, 3.63) is 70.8 Å². The van der Waals surface area contributed by atoms with Crippen LogP contribution in [0.2, 0.25) is 0 Å². The Morgan fingerprint density at radius 1 is 1.11 bits per heavy atom. The van der Waals surface area contributed by atoms with Crippen molar-refractivity contribution >= 4 is 11.9 Å². The van der Waals surface area contributed by atoms with Crippen molar-refractivity contribution in [1.29, 1.82) is 0 Å². The molecule has 1 heterocycles. The quantitative estimate of drug-likeness (QED) is 0.707. The number of rotatable bonds is 4. The molecule has 0 N–H and O–H groups in total. The van der Waals surface area contributed by atoms with Gasteiger partial charge in [-0.25, -0.2) is 4.79 Å². The molecule has 0 fully saturated rings. The molecule has 0 aliphatic carbocycles. The summed E-state index contributed by atoms with van der Waals surface area (Å²) in [6.07, 6.45) is -0.298. The van der Waals surface area contributed by atoms with Crippen molar-refractivity contribution in [3.8, 4) is 0 Å². The summed E-state index contributed by atoms with van der Waals surface area (Å²) < 4.78 is 11.8. The van der Waals surface area contributed by atoms with Crippen LogP contribution in [0.15, 0.2) is 48.5 Å². The summed E-state index contributed by atoms with van der Waals surface area (Å²) in [5.41, 5.74) is 3.05. The van der Waals surface area contributed by atoms with Gasteiger partial charge in [-0.1, -0.05) is 42.5 Å². The molecular formula is C23H27NO4. The number of benzene rings is 2. The Morgan fingerprint density at radius 2 is 1.82 bits per heavy atom. The molecule has 0 radical (unpaired) electrons. The Kier molecular flexibility index (Phi) is 5.84. The standard InChI is InChI=1S/C23H27NO4/c1-16(25)18-10-11-20-19(14-18)12-13-24(22(26)28-23(2,3)4)21(20)27-15-17-8-6-5-7-9-17/h5-11,14,21H,12-13,15H2,1-4H3. The number of amides is 1. The highest BCUT2D eigenvalue weighted by Gasteiger charge is 2.34. The van der Waals surface area contributed by atoms with E-state index in [9.17, 15) is 9.59 Å². The molecule has 3 rings (SSSR count). The van der Waals surface area contributed by atoms with Crippen molar-refractivity contribution in [2.45, 2.75) is 52.6 Å². The lowest BCUT2D eigenvalue weighted by molar-refractivity contribution is -0.0817. The molecule has 1 amide bonds. The summed E-state index contributed by atoms with van der Waals surface area (Å²) in [7, 11) is 0. The molecule has 1 aliphatic heterocycles. The average Bonchev–Trinajstić information content (AvgIpc) is 2.64. The molecule has 0 saturated carbocycles. The maximum absolute atomic E-state index is 12.8. The van der Waals surface area contributed by atoms with E-state index < -0.39 is 17.9 Å². The Morgan fingerprint density at radius 3 is 2.46 bits per heavy atom. The van der Waals surface area contributed by atoms with Gasteiger partial charge in [0.25, 0.3) is 0 Å². The minimum atomic E-state index is -0.584. The lowest BCUT2D eigenvalue weighted by Crippen LogP contribution is -2.44. The second kappa shape index (κ2) is 8.15. The first kappa shape index (κ1) is 20.1. The predicted octanol–water partition coefficient (Wildman–Crippen LogP) is 4.90. The van der Waals surface area contributed by atoms with E-state index >= 15 is 0 Å². The van der Waals surface area contributed by atoms with E-state index in [4.69, 9.17) is 9.47 Å². The molecule has 5 heteroatoms. The summed E-state index contributed by atoms with van der Waals surface area (Å²) in [6, 6.07) is 15.4. The first-order valence-corrected chi connectivity index (χ1v) is 9.53. The Bertz CT molecular complexity index is 855. The van der Waals surface area contributed by atoms with E-state index in [0.29, 0.717) is 25.1 Å². The van der Waals surface area contributed by atoms with Crippen LogP contribution < -0.4 is 0 Å². The van der Waals surface area contributed by atoms with Crippen LogP contribution in [-0.4, -0.2) is 28.9 Å². The summed E-state index contributed by atoms with van der Waals surface area (Å²) >= 11 is 0. The van der Waals surface area contributed by atoms with Gasteiger partial charge in [0.05, 0.1) is 6.61 Å². The number of hydrogen-bond acceptors (Lipinski definition) is 4. The highest BCUT2D eigenvalue weighted by molar-refractivity contribution is 5.94. The molecule has 148 valence electrons. The summed E-state index contributed by atoms with van der Waals surface area (Å²) in [5.74, 6) is 0.0270. The molecule has 1 atom stereocenters. The van der Waals surface area contributed by atoms with Crippen LogP contribution in [-0.2, 0) is 22.5 Å². The molecule has 1 aliphatic rings. The van der Waals surface area contributed by atoms with Crippen molar-refractivity contribution < 1.29 is 19.1 Å². The molecule has 0 aromatic heterocycles. The van der Waals surface area contributed by atoms with Crippen molar-refractivity contribution in [1.82, 2.24) is 4.90 Å². The van der Waals surface area contributed by atoms with Crippen LogP contribution >= 0.6 is 0 Å². The first-order chi connectivity index (χ1) is 13.2. The number of carbonyl (C=O) groups excluding carboxylic acids is 2. The third-order valence-electron chi connectivity index (χ3n) is 4.60. The molecular weight excluding hydrogens is 354 g/mol. The van der Waals surface area contributed by atoms with E-state index in [1.807, 2.05) is 63.2 Å². The van der Waals surface area contributed by atoms with Gasteiger partial charge in [0, 0.05) is 17.7 Å². The largest absolute Gasteiger partial charge is 0.444 e. The van der Waals surface area contributed by atoms with Crippen LogP contribution in [0.5, 0.6) is 0 Å². The second-order valence-corrected chi connectivity index (χ2v) is 8.04. The van der Waals surface area contributed by atoms with Gasteiger partial charge in [0.1, 0.15) is 5.60 Å². The fraction of sp³-hybridized carbons (Fsp3) is 0.391. The van der Waals surface area contributed by atoms with Crippen LogP contribution in [0.3, 0.4) is 0 Å². The summed E-state index contributed by atoms with van der Waals surface area (Å²) in [6.45, 7) is 7.95. The third kappa shape index (κ3) is 4.78. The fourth-order valence-corrected chi connectivity index (χ4v) is 3.24. The molecule has 0 spiro atoms. The number of fused-ring (bicyclic) bond motifs is 1. The molecule has 1 unspecified atom stereocenters. The molecule has 5 nitrogen and oxygen atoms in total. The highest BCUT2D eigenvalue weighted by atomic mass is 16.6. The highest BCUT2D eigenvalue weighted by Crippen LogP contribution is 2.33. The molecule has 2 aromatic carbocycles. The number of carbonyl (C=O) groups is 2. The van der Waals surface area contributed by atoms with Crippen LogP contribution in [0, 0.1) is 0 Å². The van der Waals surface area contributed by atoms with Gasteiger partial charge in [-0.3, -0.25) is 9.69 Å². The second-order valence-electron chi connectivity index (χ2n) is 8.04. The Hall–Kier alpha value is -2.66. The van der Waals surface area contributed by atoms with E-state index in [2.05, 4.69) is 0 Å². The predicted molar refractivity (Wildman–Crippen MR) is 107 cm³/mol. The normalized spacial score (nSPS) is 16.4. The average molecular weight is 381 g/mol. The fourth-order valence-electron chi connectivity index (χ4n) is 3.24. The molecule has 0 saturated heterocycles. The maximum atomic E-state index is 12.8. The third-order valence-corrected chi connectivity index (χ3v) is 4.60. The van der Waals surface area contributed by atoms with Gasteiger partial charge >= 0.3 is 6.09 Å². The van der Waals surface area contributed by atoms with Crippen molar-refractivity contribution in [3.63, 3.8) is 0 Å². The molecule has 0 bridgehead atoms. The van der Waals surface area contributed by atoms with E-state index in [1.165, 1.54) is 0 Å². The van der Waals surface area contributed by atoms with Crippen molar-refractivity contribution in [2.75, 3.05) is 6.54 Å². The van der Waals surface area contributed by atoms with E-state index in [1.54, 1.807) is 17.9 Å². The molecule has 28 heavy (non-hydrogen) atoms. The lowest BCUT2D eigenvalue weighted by Gasteiger charge is -2.37. The van der Waals surface area contributed by atoms with E-state index in [0.717, 1.165) is 16.7 Å². The SMILES string of the molecule is CC(=O)c1ccc2c(c1)CCN(C(=O)OC(C)(C)C)C2OCc1ccccc1. The maximum Gasteiger partial charge on any atom is 0.412 e. The Balaban J connectivity index is 1.89. The van der Waals surface area contributed by atoms with Gasteiger partial charge in [-0.2, -0.15) is 0 Å². The number of Topliss-reactive ketones (excluding diaryl/α,β-unsaturated/α-hetero) is 1. The topological polar surface area (TPSA) is 55.8 Å². The first-order valence-electron chi connectivity index (χ1n) is 9.53. The minimum absolute atomic E-state index is 0.0270. The number of hydrogen-bond donors (Lipinski definition) is 0. The van der Waals surface area contributed by atoms with Crippen LogP contribution in [0.25, 0.3) is 0 Å². The van der Waals surface area contributed by atoms with Crippen LogP contribution in [0.1, 0.15) is 61.0 Å². The summed E-state index contributed by atoms with van der Waals surface area (Å²) in [4.78, 5) is 26.2. The van der Waals surface area contributed by atoms with Crippen molar-refractivity contribution in [2.24, 2.45) is 0 Å². The Labute approximate surface area is 166 Å². The summed E-state index contributed by atoms with van der Waals surface area (Å²) in [5, 5.41) is 0. The zero-order valence-corrected chi connectivity index (χ0v) is 16.9. The van der Waals surface area contributed by atoms with Gasteiger partial charge < -0.3 is 9.47 Å². The monoisotopic (exact) mass is 381 g/mol. The van der Waals surface area contributed by atoms with Gasteiger partial charge in [-0.05, 0) is 51.3 Å². The zero-order chi connectivity index (χ0) is 20.3. The molecule has 2 aromatic rings. The number of ketones is 1. The van der Waals surface area contributed by atoms with Gasteiger partial charge in [-0.15, -0.1) is 0 Å². The minimum Gasteiger partial charge on any atom is -0.444 e. The van der Waals surface area contributed by atoms with Gasteiger partial charge in [0.2, 0.25) is 0 Å². The smallest absolute Gasteiger partial charge is 0.412 e. The number of nitrogens with zero attached hydrogens (tertiary/aromatic N) is 1. The van der Waals surface area contributed by atoms with Crippen LogP contribution in [0.4, 0.5) is 4.79 Å². The number of ether oxygens (including phenoxy) is 2. The van der Waals surface area contributed by atoms with Gasteiger partial charge in [0.15, 0.2) is 12.0 Å². The van der Waals surface area contributed by atoms with E-state index in [-0.39, 0.29) is 5.78 Å². The zero-order valence-electron chi connectivity index (χ0n) is 16.9. The lowest BCUT2D eigenvalue weighted by atomic mass is 9.95.